The minimum Gasteiger partial charge on any atom is -0.453 e. The van der Waals surface area contributed by atoms with Crippen LogP contribution in [0.3, 0.4) is 0 Å². The first-order valence-corrected chi connectivity index (χ1v) is 10.7. The van der Waals surface area contributed by atoms with Gasteiger partial charge in [0.2, 0.25) is 0 Å². The van der Waals surface area contributed by atoms with E-state index >= 15 is 0 Å². The summed E-state index contributed by atoms with van der Waals surface area (Å²) in [4.78, 5) is 41.8. The number of amides is 1. The van der Waals surface area contributed by atoms with Crippen molar-refractivity contribution in [1.29, 1.82) is 0 Å². The lowest BCUT2D eigenvalue weighted by molar-refractivity contribution is -0.179. The van der Waals surface area contributed by atoms with E-state index < -0.39 is 17.6 Å². The zero-order valence-corrected chi connectivity index (χ0v) is 17.0. The van der Waals surface area contributed by atoms with Gasteiger partial charge in [0, 0.05) is 5.69 Å². The number of imidazole rings is 1. The Labute approximate surface area is 173 Å². The van der Waals surface area contributed by atoms with Gasteiger partial charge in [0.15, 0.2) is 6.10 Å². The van der Waals surface area contributed by atoms with E-state index in [1.165, 1.54) is 0 Å². The number of carbonyl (C=O) groups is 2. The molecule has 3 atom stereocenters. The summed E-state index contributed by atoms with van der Waals surface area (Å²) in [5.41, 5.74) is 0.624. The maximum Gasteiger partial charge on any atom is 0.323 e. The minimum atomic E-state index is -0.935. The molecule has 8 nitrogen and oxygen atoms in total. The second kappa shape index (κ2) is 6.70. The molecule has 2 aromatic rings. The van der Waals surface area contributed by atoms with Crippen LogP contribution < -0.4 is 11.0 Å². The molecule has 4 saturated carbocycles. The van der Waals surface area contributed by atoms with Crippen molar-refractivity contribution in [3.63, 3.8) is 0 Å². The topological polar surface area (TPSA) is 124 Å². The molecule has 8 heteroatoms. The Balaban J connectivity index is 1.20. The third kappa shape index (κ3) is 3.53. The molecule has 4 N–H and O–H groups in total. The van der Waals surface area contributed by atoms with Crippen LogP contribution in [0.1, 0.15) is 51.9 Å². The van der Waals surface area contributed by atoms with E-state index in [1.54, 1.807) is 25.1 Å². The highest BCUT2D eigenvalue weighted by molar-refractivity contribution is 5.96. The van der Waals surface area contributed by atoms with Gasteiger partial charge in [0.1, 0.15) is 0 Å². The highest BCUT2D eigenvalue weighted by Gasteiger charge is 2.57. The number of benzene rings is 1. The van der Waals surface area contributed by atoms with Crippen LogP contribution in [0.5, 0.6) is 0 Å². The SMILES string of the molecule is C[C@H](OC(=O)CC12C[C@H]3C[C@@H](CC(O)(C3)C1)C2)C(=O)Nc1ccc2[nH]c(=O)[nH]c2c1. The van der Waals surface area contributed by atoms with Crippen molar-refractivity contribution in [3.8, 4) is 0 Å². The number of aromatic nitrogens is 2. The van der Waals surface area contributed by atoms with Crippen LogP contribution in [-0.2, 0) is 14.3 Å². The summed E-state index contributed by atoms with van der Waals surface area (Å²) in [7, 11) is 0. The van der Waals surface area contributed by atoms with Crippen molar-refractivity contribution in [2.24, 2.45) is 17.3 Å². The van der Waals surface area contributed by atoms with Crippen LogP contribution in [-0.4, -0.2) is 38.7 Å². The number of anilines is 1. The number of H-pyrrole nitrogens is 2. The Morgan fingerprint density at radius 1 is 1.20 bits per heavy atom. The number of esters is 1. The summed E-state index contributed by atoms with van der Waals surface area (Å²) in [6.45, 7) is 1.55. The number of carbonyl (C=O) groups excluding carboxylic acids is 2. The molecule has 30 heavy (non-hydrogen) atoms. The average Bonchev–Trinajstić information content (AvgIpc) is 2.98. The molecular formula is C22H27N3O5. The first-order valence-electron chi connectivity index (χ1n) is 10.7. The van der Waals surface area contributed by atoms with Gasteiger partial charge >= 0.3 is 11.7 Å². The summed E-state index contributed by atoms with van der Waals surface area (Å²) in [5, 5.41) is 13.6. The predicted octanol–water partition coefficient (Wildman–Crippen LogP) is 2.45. The van der Waals surface area contributed by atoms with Crippen LogP contribution in [0.15, 0.2) is 23.0 Å². The van der Waals surface area contributed by atoms with Gasteiger partial charge in [0.05, 0.1) is 23.1 Å². The molecule has 0 radical (unpaired) electrons. The number of aromatic amines is 2. The van der Waals surface area contributed by atoms with Crippen molar-refractivity contribution < 1.29 is 19.4 Å². The van der Waals surface area contributed by atoms with Crippen LogP contribution >= 0.6 is 0 Å². The van der Waals surface area contributed by atoms with Crippen LogP contribution in [0.25, 0.3) is 11.0 Å². The minimum absolute atomic E-state index is 0.183. The highest BCUT2D eigenvalue weighted by Crippen LogP contribution is 2.62. The monoisotopic (exact) mass is 413 g/mol. The Hall–Kier alpha value is -2.61. The molecule has 1 heterocycles. The number of fused-ring (bicyclic) bond motifs is 1. The van der Waals surface area contributed by atoms with Gasteiger partial charge < -0.3 is 25.1 Å². The molecule has 0 saturated heterocycles. The summed E-state index contributed by atoms with van der Waals surface area (Å²) < 4.78 is 5.45. The normalized spacial score (nSPS) is 32.9. The summed E-state index contributed by atoms with van der Waals surface area (Å²) in [6.07, 6.45) is 4.80. The van der Waals surface area contributed by atoms with E-state index in [4.69, 9.17) is 4.74 Å². The lowest BCUT2D eigenvalue weighted by atomic mass is 9.47. The fraction of sp³-hybridized carbons (Fsp3) is 0.591. The Morgan fingerprint density at radius 3 is 2.60 bits per heavy atom. The molecule has 4 fully saturated rings. The molecule has 4 bridgehead atoms. The zero-order valence-electron chi connectivity index (χ0n) is 17.0. The van der Waals surface area contributed by atoms with Crippen LogP contribution in [0.2, 0.25) is 0 Å². The molecule has 4 aliphatic rings. The van der Waals surface area contributed by atoms with Crippen LogP contribution in [0, 0.1) is 17.3 Å². The standard InChI is InChI=1S/C22H27N3O5/c1-12(19(27)23-15-2-3-16-17(5-15)25-20(28)24-16)30-18(26)10-21-6-13-4-14(7-21)9-22(29,8-13)11-21/h2-3,5,12-14,29H,4,6-11H2,1H3,(H,23,27)(H2,24,25,28)/t12-,13+,14+,21?,22?/m0/s1. The molecule has 160 valence electrons. The van der Waals surface area contributed by atoms with Gasteiger partial charge in [-0.2, -0.15) is 0 Å². The summed E-state index contributed by atoms with van der Waals surface area (Å²) >= 11 is 0. The first kappa shape index (κ1) is 19.4. The van der Waals surface area contributed by atoms with Crippen molar-refractivity contribution in [2.75, 3.05) is 5.32 Å². The number of aliphatic hydroxyl groups is 1. The zero-order chi connectivity index (χ0) is 21.1. The van der Waals surface area contributed by atoms with Gasteiger partial charge in [-0.25, -0.2) is 4.79 Å². The largest absolute Gasteiger partial charge is 0.453 e. The fourth-order valence-corrected chi connectivity index (χ4v) is 6.56. The van der Waals surface area contributed by atoms with E-state index in [1.807, 2.05) is 0 Å². The maximum absolute atomic E-state index is 12.6. The van der Waals surface area contributed by atoms with Gasteiger partial charge in [-0.3, -0.25) is 9.59 Å². The van der Waals surface area contributed by atoms with E-state index in [2.05, 4.69) is 15.3 Å². The van der Waals surface area contributed by atoms with Gasteiger partial charge in [-0.05, 0) is 80.9 Å². The number of nitrogens with one attached hydrogen (secondary N) is 3. The molecule has 1 aromatic heterocycles. The quantitative estimate of drug-likeness (QED) is 0.561. The molecule has 0 spiro atoms. The number of hydrogen-bond acceptors (Lipinski definition) is 5. The molecule has 4 aliphatic carbocycles. The molecule has 0 aliphatic heterocycles. The Morgan fingerprint density at radius 2 is 1.90 bits per heavy atom. The van der Waals surface area contributed by atoms with E-state index in [-0.39, 0.29) is 23.5 Å². The molecule has 6 rings (SSSR count). The summed E-state index contributed by atoms with van der Waals surface area (Å²) in [5.74, 6) is 0.192. The lowest BCUT2D eigenvalue weighted by Gasteiger charge is -2.60. The third-order valence-corrected chi connectivity index (χ3v) is 7.13. The Bertz CT molecular complexity index is 1060. The van der Waals surface area contributed by atoms with E-state index in [0.29, 0.717) is 35.0 Å². The van der Waals surface area contributed by atoms with Crippen molar-refractivity contribution in [3.05, 3.63) is 28.7 Å². The predicted molar refractivity (Wildman–Crippen MR) is 110 cm³/mol. The molecular weight excluding hydrogens is 386 g/mol. The number of ether oxygens (including phenoxy) is 1. The summed E-state index contributed by atoms with van der Waals surface area (Å²) in [6, 6.07) is 5.02. The van der Waals surface area contributed by atoms with Gasteiger partial charge in [-0.1, -0.05) is 0 Å². The number of hydrogen-bond donors (Lipinski definition) is 4. The van der Waals surface area contributed by atoms with Crippen molar-refractivity contribution in [1.82, 2.24) is 9.97 Å². The van der Waals surface area contributed by atoms with Gasteiger partial charge in [0.25, 0.3) is 5.91 Å². The molecule has 1 aromatic carbocycles. The Kier molecular flexibility index (Phi) is 4.32. The smallest absolute Gasteiger partial charge is 0.323 e. The van der Waals surface area contributed by atoms with Crippen molar-refractivity contribution in [2.45, 2.75) is 63.6 Å². The average molecular weight is 413 g/mol. The van der Waals surface area contributed by atoms with E-state index in [0.717, 1.165) is 32.1 Å². The molecule has 0 unspecified atom stereocenters. The third-order valence-electron chi connectivity index (χ3n) is 7.13. The van der Waals surface area contributed by atoms with E-state index in [9.17, 15) is 19.5 Å². The van der Waals surface area contributed by atoms with Crippen molar-refractivity contribution >= 4 is 28.6 Å². The lowest BCUT2D eigenvalue weighted by Crippen LogP contribution is -2.56. The first-order chi connectivity index (χ1) is 14.2. The van der Waals surface area contributed by atoms with Crippen LogP contribution in [0.4, 0.5) is 5.69 Å². The second-order valence-electron chi connectivity index (χ2n) is 9.82. The maximum atomic E-state index is 12.6. The van der Waals surface area contributed by atoms with Gasteiger partial charge in [-0.15, -0.1) is 0 Å². The fourth-order valence-electron chi connectivity index (χ4n) is 6.56. The highest BCUT2D eigenvalue weighted by atomic mass is 16.5. The second-order valence-corrected chi connectivity index (χ2v) is 9.82. The number of rotatable bonds is 5. The molecule has 1 amide bonds.